The second-order valence-corrected chi connectivity index (χ2v) is 4.69. The lowest BCUT2D eigenvalue weighted by Crippen LogP contribution is -2.36. The second-order valence-electron chi connectivity index (χ2n) is 4.69. The quantitative estimate of drug-likeness (QED) is 0.551. The SMILES string of the molecule is CC(C)CC1(C)CCC1C. The van der Waals surface area contributed by atoms with Gasteiger partial charge in [-0.15, -0.1) is 0 Å². The van der Waals surface area contributed by atoms with E-state index in [9.17, 15) is 0 Å². The summed E-state index contributed by atoms with van der Waals surface area (Å²) in [6.07, 6.45) is 4.35. The zero-order valence-electron chi connectivity index (χ0n) is 7.78. The molecule has 0 aliphatic heterocycles. The van der Waals surface area contributed by atoms with Gasteiger partial charge >= 0.3 is 0 Å². The summed E-state index contributed by atoms with van der Waals surface area (Å²) in [5.41, 5.74) is 0.703. The van der Waals surface area contributed by atoms with Crippen LogP contribution in [-0.4, -0.2) is 0 Å². The summed E-state index contributed by atoms with van der Waals surface area (Å²) in [5, 5.41) is 0. The molecule has 0 aromatic carbocycles. The van der Waals surface area contributed by atoms with E-state index in [1.165, 1.54) is 19.3 Å². The fraction of sp³-hybridized carbons (Fsp3) is 1.00. The molecule has 0 heterocycles. The van der Waals surface area contributed by atoms with Crippen molar-refractivity contribution in [1.29, 1.82) is 0 Å². The topological polar surface area (TPSA) is 0 Å². The lowest BCUT2D eigenvalue weighted by molar-refractivity contribution is 0.0412. The summed E-state index contributed by atoms with van der Waals surface area (Å²) in [7, 11) is 0. The minimum Gasteiger partial charge on any atom is -0.0628 e. The van der Waals surface area contributed by atoms with E-state index < -0.39 is 0 Å². The van der Waals surface area contributed by atoms with Gasteiger partial charge in [-0.2, -0.15) is 0 Å². The van der Waals surface area contributed by atoms with Crippen LogP contribution in [0.2, 0.25) is 0 Å². The Bertz CT molecular complexity index is 115. The van der Waals surface area contributed by atoms with E-state index in [-0.39, 0.29) is 0 Å². The van der Waals surface area contributed by atoms with E-state index in [1.54, 1.807) is 0 Å². The van der Waals surface area contributed by atoms with Crippen molar-refractivity contribution in [2.45, 2.75) is 47.0 Å². The fourth-order valence-corrected chi connectivity index (χ4v) is 2.16. The van der Waals surface area contributed by atoms with Crippen LogP contribution in [0.3, 0.4) is 0 Å². The maximum Gasteiger partial charge on any atom is -0.0298 e. The molecule has 10 heavy (non-hydrogen) atoms. The van der Waals surface area contributed by atoms with Crippen molar-refractivity contribution >= 4 is 0 Å². The maximum absolute atomic E-state index is 2.45. The van der Waals surface area contributed by atoms with Gasteiger partial charge < -0.3 is 0 Å². The van der Waals surface area contributed by atoms with Gasteiger partial charge in [-0.25, -0.2) is 0 Å². The molecule has 0 bridgehead atoms. The molecule has 0 saturated heterocycles. The van der Waals surface area contributed by atoms with Crippen LogP contribution in [0.4, 0.5) is 0 Å². The highest BCUT2D eigenvalue weighted by molar-refractivity contribution is 4.89. The Labute approximate surface area is 65.0 Å². The second kappa shape index (κ2) is 2.56. The Balaban J connectivity index is 2.38. The predicted octanol–water partition coefficient (Wildman–Crippen LogP) is 3.47. The van der Waals surface area contributed by atoms with Crippen LogP contribution in [0.5, 0.6) is 0 Å². The molecule has 0 heteroatoms. The molecule has 0 spiro atoms. The van der Waals surface area contributed by atoms with Gasteiger partial charge in [-0.05, 0) is 36.5 Å². The normalized spacial score (nSPS) is 39.9. The van der Waals surface area contributed by atoms with Crippen molar-refractivity contribution in [3.05, 3.63) is 0 Å². The van der Waals surface area contributed by atoms with Gasteiger partial charge in [0.15, 0.2) is 0 Å². The molecular weight excluding hydrogens is 120 g/mol. The van der Waals surface area contributed by atoms with E-state index in [1.807, 2.05) is 0 Å². The summed E-state index contributed by atoms with van der Waals surface area (Å²) in [5.74, 6) is 1.86. The summed E-state index contributed by atoms with van der Waals surface area (Å²) in [4.78, 5) is 0. The van der Waals surface area contributed by atoms with Crippen LogP contribution >= 0.6 is 0 Å². The Hall–Kier alpha value is 0. The standard InChI is InChI=1S/C10H20/c1-8(2)7-10(4)6-5-9(10)3/h8-9H,5-7H2,1-4H3. The van der Waals surface area contributed by atoms with Crippen LogP contribution < -0.4 is 0 Å². The first-order valence-corrected chi connectivity index (χ1v) is 4.54. The Morgan fingerprint density at radius 3 is 2.20 bits per heavy atom. The largest absolute Gasteiger partial charge is 0.0628 e. The molecule has 1 fully saturated rings. The third-order valence-corrected chi connectivity index (χ3v) is 3.21. The molecule has 60 valence electrons. The van der Waals surface area contributed by atoms with Gasteiger partial charge in [0.25, 0.3) is 0 Å². The van der Waals surface area contributed by atoms with Crippen LogP contribution in [0.15, 0.2) is 0 Å². The summed E-state index contributed by atoms with van der Waals surface area (Å²) in [6.45, 7) is 9.50. The van der Waals surface area contributed by atoms with E-state index in [2.05, 4.69) is 27.7 Å². The summed E-state index contributed by atoms with van der Waals surface area (Å²) in [6, 6.07) is 0. The van der Waals surface area contributed by atoms with Crippen molar-refractivity contribution in [2.75, 3.05) is 0 Å². The monoisotopic (exact) mass is 140 g/mol. The third-order valence-electron chi connectivity index (χ3n) is 3.21. The minimum atomic E-state index is 0.703. The van der Waals surface area contributed by atoms with Crippen molar-refractivity contribution < 1.29 is 0 Å². The minimum absolute atomic E-state index is 0.703. The Kier molecular flexibility index (Phi) is 2.07. The molecule has 1 aliphatic rings. The van der Waals surface area contributed by atoms with Crippen molar-refractivity contribution in [3.8, 4) is 0 Å². The van der Waals surface area contributed by atoms with Gasteiger partial charge in [0.05, 0.1) is 0 Å². The van der Waals surface area contributed by atoms with Crippen LogP contribution in [-0.2, 0) is 0 Å². The zero-order chi connectivity index (χ0) is 7.78. The molecule has 0 radical (unpaired) electrons. The first-order chi connectivity index (χ1) is 4.54. The van der Waals surface area contributed by atoms with Crippen molar-refractivity contribution in [3.63, 3.8) is 0 Å². The maximum atomic E-state index is 2.45. The number of hydrogen-bond donors (Lipinski definition) is 0. The summed E-state index contributed by atoms with van der Waals surface area (Å²) >= 11 is 0. The highest BCUT2D eigenvalue weighted by Gasteiger charge is 2.39. The Morgan fingerprint density at radius 1 is 1.50 bits per heavy atom. The molecule has 1 saturated carbocycles. The van der Waals surface area contributed by atoms with Gasteiger partial charge in [0, 0.05) is 0 Å². The first-order valence-electron chi connectivity index (χ1n) is 4.54. The molecule has 0 N–H and O–H groups in total. The molecule has 0 aromatic heterocycles. The van der Waals surface area contributed by atoms with E-state index in [0.29, 0.717) is 5.41 Å². The molecule has 1 aliphatic carbocycles. The van der Waals surface area contributed by atoms with E-state index in [0.717, 1.165) is 11.8 Å². The zero-order valence-corrected chi connectivity index (χ0v) is 7.78. The smallest absolute Gasteiger partial charge is 0.0298 e. The van der Waals surface area contributed by atoms with Gasteiger partial charge in [-0.3, -0.25) is 0 Å². The molecule has 0 amide bonds. The van der Waals surface area contributed by atoms with Crippen molar-refractivity contribution in [2.24, 2.45) is 17.3 Å². The van der Waals surface area contributed by atoms with E-state index in [4.69, 9.17) is 0 Å². The number of hydrogen-bond acceptors (Lipinski definition) is 0. The number of rotatable bonds is 2. The lowest BCUT2D eigenvalue weighted by atomic mass is 9.59. The molecule has 1 rings (SSSR count). The van der Waals surface area contributed by atoms with Gasteiger partial charge in [0.1, 0.15) is 0 Å². The molecule has 0 aromatic rings. The predicted molar refractivity (Wildman–Crippen MR) is 46.0 cm³/mol. The Morgan fingerprint density at radius 2 is 2.10 bits per heavy atom. The molecular formula is C10H20. The molecule has 2 unspecified atom stereocenters. The van der Waals surface area contributed by atoms with Gasteiger partial charge in [-0.1, -0.05) is 27.7 Å². The highest BCUT2D eigenvalue weighted by Crippen LogP contribution is 2.49. The van der Waals surface area contributed by atoms with Crippen LogP contribution in [0.1, 0.15) is 47.0 Å². The first kappa shape index (κ1) is 8.10. The highest BCUT2D eigenvalue weighted by atomic mass is 14.4. The van der Waals surface area contributed by atoms with E-state index >= 15 is 0 Å². The average Bonchev–Trinajstić information content (AvgIpc) is 1.84. The van der Waals surface area contributed by atoms with Crippen LogP contribution in [0, 0.1) is 17.3 Å². The van der Waals surface area contributed by atoms with Crippen molar-refractivity contribution in [1.82, 2.24) is 0 Å². The lowest BCUT2D eigenvalue weighted by Gasteiger charge is -2.46. The third kappa shape index (κ3) is 1.36. The average molecular weight is 140 g/mol. The molecule has 0 nitrogen and oxygen atoms in total. The van der Waals surface area contributed by atoms with Gasteiger partial charge in [0.2, 0.25) is 0 Å². The fourth-order valence-electron chi connectivity index (χ4n) is 2.16. The molecule has 2 atom stereocenters. The van der Waals surface area contributed by atoms with Crippen LogP contribution in [0.25, 0.3) is 0 Å². The summed E-state index contributed by atoms with van der Waals surface area (Å²) < 4.78 is 0.